The van der Waals surface area contributed by atoms with E-state index in [0.29, 0.717) is 18.1 Å². The highest BCUT2D eigenvalue weighted by Crippen LogP contribution is 2.29. The zero-order chi connectivity index (χ0) is 21.1. The van der Waals surface area contributed by atoms with Gasteiger partial charge in [0.15, 0.2) is 0 Å². The van der Waals surface area contributed by atoms with Gasteiger partial charge in [-0.15, -0.1) is 6.42 Å². The number of ether oxygens (including phenoxy) is 2. The zero-order valence-electron chi connectivity index (χ0n) is 17.6. The molecule has 2 rings (SSSR count). The lowest BCUT2D eigenvalue weighted by Gasteiger charge is -2.16. The van der Waals surface area contributed by atoms with Gasteiger partial charge in [-0.05, 0) is 35.6 Å². The van der Waals surface area contributed by atoms with Crippen molar-refractivity contribution >= 4 is 11.5 Å². The molecule has 0 amide bonds. The molecule has 0 radical (unpaired) electrons. The van der Waals surface area contributed by atoms with Crippen LogP contribution in [0.15, 0.2) is 60.2 Å². The summed E-state index contributed by atoms with van der Waals surface area (Å²) in [6.45, 7) is 4.68. The van der Waals surface area contributed by atoms with Gasteiger partial charge in [-0.1, -0.05) is 81.5 Å². The van der Waals surface area contributed by atoms with Gasteiger partial charge in [-0.25, -0.2) is 4.79 Å². The third-order valence-electron chi connectivity index (χ3n) is 5.03. The van der Waals surface area contributed by atoms with Crippen molar-refractivity contribution in [3.63, 3.8) is 0 Å². The summed E-state index contributed by atoms with van der Waals surface area (Å²) in [4.78, 5) is 12.9. The van der Waals surface area contributed by atoms with E-state index in [2.05, 4.69) is 19.8 Å². The number of carbonyl (C=O) groups excluding carboxylic acids is 1. The molecule has 0 fully saturated rings. The van der Waals surface area contributed by atoms with Crippen molar-refractivity contribution in [3.05, 3.63) is 71.3 Å². The SMILES string of the molecule is C#C/C(C(=O)OCC(CC)CCCC)=C(/c1ccccc1)c1ccc(OC)cc1. The second-order valence-corrected chi connectivity index (χ2v) is 7.00. The number of benzene rings is 2. The first-order valence-electron chi connectivity index (χ1n) is 10.2. The van der Waals surface area contributed by atoms with Crippen LogP contribution < -0.4 is 4.74 Å². The van der Waals surface area contributed by atoms with E-state index < -0.39 is 5.97 Å². The first-order valence-corrected chi connectivity index (χ1v) is 10.2. The van der Waals surface area contributed by atoms with Crippen LogP contribution in [0.25, 0.3) is 5.57 Å². The van der Waals surface area contributed by atoms with Gasteiger partial charge in [0.05, 0.1) is 13.7 Å². The van der Waals surface area contributed by atoms with Gasteiger partial charge in [0.1, 0.15) is 11.3 Å². The quantitative estimate of drug-likeness (QED) is 0.288. The van der Waals surface area contributed by atoms with Gasteiger partial charge < -0.3 is 9.47 Å². The van der Waals surface area contributed by atoms with E-state index in [-0.39, 0.29) is 5.57 Å². The van der Waals surface area contributed by atoms with Gasteiger partial charge in [0.25, 0.3) is 0 Å². The van der Waals surface area contributed by atoms with Crippen LogP contribution in [0.2, 0.25) is 0 Å². The summed E-state index contributed by atoms with van der Waals surface area (Å²) in [6.07, 6.45) is 10.1. The van der Waals surface area contributed by atoms with Crippen molar-refractivity contribution in [1.29, 1.82) is 0 Å². The summed E-state index contributed by atoms with van der Waals surface area (Å²) in [5, 5.41) is 0. The van der Waals surface area contributed by atoms with E-state index in [1.54, 1.807) is 7.11 Å². The van der Waals surface area contributed by atoms with Crippen LogP contribution in [0, 0.1) is 18.3 Å². The molecule has 0 N–H and O–H groups in total. The van der Waals surface area contributed by atoms with Crippen molar-refractivity contribution in [3.8, 4) is 18.1 Å². The molecule has 2 aromatic rings. The smallest absolute Gasteiger partial charge is 0.347 e. The Morgan fingerprint density at radius 1 is 1.03 bits per heavy atom. The summed E-state index contributed by atoms with van der Waals surface area (Å²) in [6, 6.07) is 17.2. The normalized spacial score (nSPS) is 12.5. The molecule has 0 bridgehead atoms. The number of unbranched alkanes of at least 4 members (excludes halogenated alkanes) is 1. The fraction of sp³-hybridized carbons (Fsp3) is 0.346. The van der Waals surface area contributed by atoms with Crippen molar-refractivity contribution in [1.82, 2.24) is 0 Å². The minimum Gasteiger partial charge on any atom is -0.497 e. The summed E-state index contributed by atoms with van der Waals surface area (Å²) < 4.78 is 10.9. The lowest BCUT2D eigenvalue weighted by molar-refractivity contribution is -0.139. The Kier molecular flexibility index (Phi) is 9.05. The molecule has 2 aromatic carbocycles. The maximum absolute atomic E-state index is 12.9. The summed E-state index contributed by atoms with van der Waals surface area (Å²) in [5.41, 5.74) is 2.66. The van der Waals surface area contributed by atoms with Gasteiger partial charge in [0.2, 0.25) is 0 Å². The third kappa shape index (κ3) is 6.26. The van der Waals surface area contributed by atoms with Gasteiger partial charge in [0, 0.05) is 5.57 Å². The zero-order valence-corrected chi connectivity index (χ0v) is 17.6. The molecule has 0 aliphatic carbocycles. The molecular weight excluding hydrogens is 360 g/mol. The number of carbonyl (C=O) groups is 1. The maximum atomic E-state index is 12.9. The van der Waals surface area contributed by atoms with E-state index in [4.69, 9.17) is 15.9 Å². The molecule has 1 unspecified atom stereocenters. The number of esters is 1. The molecule has 29 heavy (non-hydrogen) atoms. The lowest BCUT2D eigenvalue weighted by Crippen LogP contribution is -2.16. The van der Waals surface area contributed by atoms with E-state index in [9.17, 15) is 4.79 Å². The Labute approximate surface area is 174 Å². The van der Waals surface area contributed by atoms with Crippen LogP contribution in [0.1, 0.15) is 50.7 Å². The maximum Gasteiger partial charge on any atom is 0.347 e. The van der Waals surface area contributed by atoms with Gasteiger partial charge >= 0.3 is 5.97 Å². The molecule has 0 saturated carbocycles. The van der Waals surface area contributed by atoms with E-state index in [0.717, 1.165) is 42.6 Å². The number of hydrogen-bond acceptors (Lipinski definition) is 3. The molecule has 0 aliphatic heterocycles. The van der Waals surface area contributed by atoms with Crippen molar-refractivity contribution < 1.29 is 14.3 Å². The average Bonchev–Trinajstić information content (AvgIpc) is 2.78. The van der Waals surface area contributed by atoms with Crippen LogP contribution in [-0.2, 0) is 9.53 Å². The summed E-state index contributed by atoms with van der Waals surface area (Å²) in [7, 11) is 1.62. The van der Waals surface area contributed by atoms with Crippen molar-refractivity contribution in [2.24, 2.45) is 5.92 Å². The Morgan fingerprint density at radius 3 is 2.24 bits per heavy atom. The monoisotopic (exact) mass is 390 g/mol. The van der Waals surface area contributed by atoms with Crippen LogP contribution in [0.3, 0.4) is 0 Å². The minimum atomic E-state index is -0.447. The molecule has 1 atom stereocenters. The number of hydrogen-bond donors (Lipinski definition) is 0. The standard InChI is InChI=1S/C26H30O3/c1-5-8-12-20(6-2)19-29-26(27)24(7-3)25(21-13-10-9-11-14-21)22-15-17-23(28-4)18-16-22/h3,9-11,13-18,20H,5-6,8,12,19H2,1-2,4H3/b25-24+. The molecule has 0 spiro atoms. The number of rotatable bonds is 10. The molecule has 0 heterocycles. The Morgan fingerprint density at radius 2 is 1.69 bits per heavy atom. The molecule has 3 heteroatoms. The largest absolute Gasteiger partial charge is 0.497 e. The Balaban J connectivity index is 2.38. The van der Waals surface area contributed by atoms with Crippen molar-refractivity contribution in [2.75, 3.05) is 13.7 Å². The third-order valence-corrected chi connectivity index (χ3v) is 5.03. The molecule has 0 aliphatic rings. The van der Waals surface area contributed by atoms with Gasteiger partial charge in [-0.2, -0.15) is 0 Å². The van der Waals surface area contributed by atoms with E-state index in [1.807, 2.05) is 54.6 Å². The predicted molar refractivity (Wildman–Crippen MR) is 119 cm³/mol. The number of methoxy groups -OCH3 is 1. The first-order chi connectivity index (χ1) is 14.1. The highest BCUT2D eigenvalue weighted by atomic mass is 16.5. The fourth-order valence-electron chi connectivity index (χ4n) is 3.21. The highest BCUT2D eigenvalue weighted by Gasteiger charge is 2.20. The van der Waals surface area contributed by atoms with Crippen LogP contribution in [0.4, 0.5) is 0 Å². The second-order valence-electron chi connectivity index (χ2n) is 7.00. The first kappa shape index (κ1) is 22.3. The van der Waals surface area contributed by atoms with Crippen LogP contribution in [0.5, 0.6) is 5.75 Å². The average molecular weight is 391 g/mol. The van der Waals surface area contributed by atoms with Crippen LogP contribution in [-0.4, -0.2) is 19.7 Å². The van der Waals surface area contributed by atoms with E-state index >= 15 is 0 Å². The highest BCUT2D eigenvalue weighted by molar-refractivity contribution is 6.05. The summed E-state index contributed by atoms with van der Waals surface area (Å²) in [5.74, 6) is 3.24. The van der Waals surface area contributed by atoms with Gasteiger partial charge in [-0.3, -0.25) is 0 Å². The molecule has 152 valence electrons. The fourth-order valence-corrected chi connectivity index (χ4v) is 3.21. The lowest BCUT2D eigenvalue weighted by atomic mass is 9.93. The predicted octanol–water partition coefficient (Wildman–Crippen LogP) is 5.89. The molecular formula is C26H30O3. The Bertz CT molecular complexity index is 842. The molecule has 0 saturated heterocycles. The molecule has 3 nitrogen and oxygen atoms in total. The number of terminal acetylenes is 1. The molecule has 0 aromatic heterocycles. The van der Waals surface area contributed by atoms with Crippen molar-refractivity contribution in [2.45, 2.75) is 39.5 Å². The Hall–Kier alpha value is -2.99. The topological polar surface area (TPSA) is 35.5 Å². The van der Waals surface area contributed by atoms with Crippen LogP contribution >= 0.6 is 0 Å². The van der Waals surface area contributed by atoms with E-state index in [1.165, 1.54) is 0 Å². The minimum absolute atomic E-state index is 0.242. The second kappa shape index (κ2) is 11.8. The summed E-state index contributed by atoms with van der Waals surface area (Å²) >= 11 is 0.